The van der Waals surface area contributed by atoms with E-state index < -0.39 is 11.9 Å². The van der Waals surface area contributed by atoms with Gasteiger partial charge >= 0.3 is 0 Å². The maximum atomic E-state index is 13.8. The van der Waals surface area contributed by atoms with Gasteiger partial charge in [-0.1, -0.05) is 53.1 Å². The standard InChI is InChI=1S/C27H26BrN3O5S/c1-4-6-7-12-35-20-10-8-16(13-21(20)34-5-2)23-22-24(32)18-14-17(28)9-11-19(18)36-25(22)26(33)31(23)27-30-29-15(3)37-27/h8-11,13-14,23H,4-7,12H2,1-3H3. The maximum absolute atomic E-state index is 13.8. The molecule has 0 spiro atoms. The van der Waals surface area contributed by atoms with E-state index in [1.807, 2.05) is 32.0 Å². The normalized spacial score (nSPS) is 14.9. The Kier molecular flexibility index (Phi) is 7.30. The maximum Gasteiger partial charge on any atom is 0.297 e. The Labute approximate surface area is 226 Å². The molecule has 1 amide bonds. The molecule has 4 aromatic rings. The smallest absolute Gasteiger partial charge is 0.297 e. The number of amides is 1. The Balaban J connectivity index is 1.67. The first-order chi connectivity index (χ1) is 17.9. The van der Waals surface area contributed by atoms with Gasteiger partial charge in [-0.2, -0.15) is 0 Å². The van der Waals surface area contributed by atoms with Gasteiger partial charge in [0.05, 0.1) is 30.2 Å². The van der Waals surface area contributed by atoms with E-state index in [1.165, 1.54) is 16.2 Å². The van der Waals surface area contributed by atoms with Gasteiger partial charge in [-0.05, 0) is 56.2 Å². The zero-order chi connectivity index (χ0) is 26.1. The van der Waals surface area contributed by atoms with Crippen LogP contribution >= 0.6 is 27.3 Å². The van der Waals surface area contributed by atoms with Crippen LogP contribution in [0, 0.1) is 6.92 Å². The lowest BCUT2D eigenvalue weighted by Crippen LogP contribution is -2.29. The fraction of sp³-hybridized carbons (Fsp3) is 0.333. The van der Waals surface area contributed by atoms with Gasteiger partial charge < -0.3 is 13.9 Å². The topological polar surface area (TPSA) is 94.8 Å². The molecule has 0 fully saturated rings. The van der Waals surface area contributed by atoms with Crippen LogP contribution in [-0.2, 0) is 0 Å². The quantitative estimate of drug-likeness (QED) is 0.209. The molecule has 10 heteroatoms. The Morgan fingerprint density at radius 3 is 2.62 bits per heavy atom. The number of aryl methyl sites for hydroxylation is 1. The number of fused-ring (bicyclic) bond motifs is 2. The molecular weight excluding hydrogens is 558 g/mol. The average Bonchev–Trinajstić information content (AvgIpc) is 3.44. The molecule has 1 atom stereocenters. The second-order valence-corrected chi connectivity index (χ2v) is 10.8. The third kappa shape index (κ3) is 4.75. The molecular formula is C27H26BrN3O5S. The van der Waals surface area contributed by atoms with Crippen LogP contribution in [0.4, 0.5) is 5.13 Å². The fourth-order valence-electron chi connectivity index (χ4n) is 4.46. The summed E-state index contributed by atoms with van der Waals surface area (Å²) in [4.78, 5) is 29.0. The van der Waals surface area contributed by atoms with Gasteiger partial charge in [0.15, 0.2) is 16.9 Å². The van der Waals surface area contributed by atoms with E-state index in [1.54, 1.807) is 18.2 Å². The molecule has 192 valence electrons. The lowest BCUT2D eigenvalue weighted by atomic mass is 9.98. The number of halogens is 1. The Morgan fingerprint density at radius 1 is 1.05 bits per heavy atom. The molecule has 0 N–H and O–H groups in total. The number of anilines is 1. The second-order valence-electron chi connectivity index (χ2n) is 8.69. The number of rotatable bonds is 9. The minimum Gasteiger partial charge on any atom is -0.490 e. The van der Waals surface area contributed by atoms with Crippen LogP contribution in [0.15, 0.2) is 50.1 Å². The summed E-state index contributed by atoms with van der Waals surface area (Å²) in [5.41, 5.74) is 1.03. The molecule has 0 radical (unpaired) electrons. The van der Waals surface area contributed by atoms with Crippen LogP contribution in [0.3, 0.4) is 0 Å². The minimum absolute atomic E-state index is 0.00975. The van der Waals surface area contributed by atoms with E-state index in [9.17, 15) is 9.59 Å². The van der Waals surface area contributed by atoms with Crippen molar-refractivity contribution in [3.63, 3.8) is 0 Å². The van der Waals surface area contributed by atoms with Crippen LogP contribution in [0.2, 0.25) is 0 Å². The van der Waals surface area contributed by atoms with E-state index in [0.717, 1.165) is 23.7 Å². The number of nitrogens with zero attached hydrogens (tertiary/aromatic N) is 3. The van der Waals surface area contributed by atoms with Crippen molar-refractivity contribution in [1.82, 2.24) is 10.2 Å². The molecule has 8 nitrogen and oxygen atoms in total. The summed E-state index contributed by atoms with van der Waals surface area (Å²) in [6.45, 7) is 6.88. The van der Waals surface area contributed by atoms with Crippen molar-refractivity contribution in [2.45, 2.75) is 46.1 Å². The zero-order valence-corrected chi connectivity index (χ0v) is 23.1. The van der Waals surface area contributed by atoms with Crippen molar-refractivity contribution in [2.24, 2.45) is 0 Å². The Hall–Kier alpha value is -3.24. The van der Waals surface area contributed by atoms with Crippen LogP contribution in [0.25, 0.3) is 11.0 Å². The van der Waals surface area contributed by atoms with Gasteiger partial charge in [-0.3, -0.25) is 14.5 Å². The van der Waals surface area contributed by atoms with Crippen LogP contribution < -0.4 is 19.8 Å². The SMILES string of the molecule is CCCCCOc1ccc(C2c3c(oc4ccc(Br)cc4c3=O)C(=O)N2c2nnc(C)s2)cc1OCC. The molecule has 5 rings (SSSR count). The summed E-state index contributed by atoms with van der Waals surface area (Å²) in [5, 5.41) is 9.81. The first kappa shape index (κ1) is 25.4. The fourth-order valence-corrected chi connectivity index (χ4v) is 5.53. The predicted molar refractivity (Wildman–Crippen MR) is 146 cm³/mol. The van der Waals surface area contributed by atoms with Crippen molar-refractivity contribution >= 4 is 49.3 Å². The van der Waals surface area contributed by atoms with Gasteiger partial charge in [0.1, 0.15) is 10.6 Å². The number of carbonyl (C=O) groups is 1. The second kappa shape index (κ2) is 10.6. The Bertz CT molecular complexity index is 1530. The molecule has 0 aliphatic carbocycles. The summed E-state index contributed by atoms with van der Waals surface area (Å²) in [5.74, 6) is 0.754. The summed E-state index contributed by atoms with van der Waals surface area (Å²) in [6, 6.07) is 9.92. The summed E-state index contributed by atoms with van der Waals surface area (Å²) < 4.78 is 18.7. The van der Waals surface area contributed by atoms with Gasteiger partial charge in [0.2, 0.25) is 10.9 Å². The number of hydrogen-bond acceptors (Lipinski definition) is 8. The van der Waals surface area contributed by atoms with Crippen molar-refractivity contribution in [1.29, 1.82) is 0 Å². The molecule has 0 saturated heterocycles. The monoisotopic (exact) mass is 583 g/mol. The van der Waals surface area contributed by atoms with Crippen LogP contribution in [-0.4, -0.2) is 29.3 Å². The molecule has 37 heavy (non-hydrogen) atoms. The van der Waals surface area contributed by atoms with Crippen molar-refractivity contribution < 1.29 is 18.7 Å². The highest BCUT2D eigenvalue weighted by Crippen LogP contribution is 2.44. The molecule has 1 aliphatic rings. The molecule has 3 heterocycles. The lowest BCUT2D eigenvalue weighted by Gasteiger charge is -2.23. The summed E-state index contributed by atoms with van der Waals surface area (Å²) >= 11 is 4.71. The molecule has 2 aromatic heterocycles. The first-order valence-electron chi connectivity index (χ1n) is 12.2. The van der Waals surface area contributed by atoms with Gasteiger partial charge in [0.25, 0.3) is 5.91 Å². The highest BCUT2D eigenvalue weighted by atomic mass is 79.9. The number of unbranched alkanes of at least 4 members (excludes halogenated alkanes) is 2. The van der Waals surface area contributed by atoms with Crippen molar-refractivity contribution in [2.75, 3.05) is 18.1 Å². The number of hydrogen-bond donors (Lipinski definition) is 0. The highest BCUT2D eigenvalue weighted by molar-refractivity contribution is 9.10. The molecule has 2 aromatic carbocycles. The van der Waals surface area contributed by atoms with Gasteiger partial charge in [0, 0.05) is 4.47 Å². The highest BCUT2D eigenvalue weighted by Gasteiger charge is 2.45. The molecule has 1 unspecified atom stereocenters. The van der Waals surface area contributed by atoms with Crippen LogP contribution in [0.1, 0.15) is 65.8 Å². The molecule has 0 saturated carbocycles. The van der Waals surface area contributed by atoms with E-state index >= 15 is 0 Å². The number of aromatic nitrogens is 2. The van der Waals surface area contributed by atoms with Crippen molar-refractivity contribution in [3.8, 4) is 11.5 Å². The minimum atomic E-state index is -0.761. The first-order valence-corrected chi connectivity index (χ1v) is 13.8. The lowest BCUT2D eigenvalue weighted by molar-refractivity contribution is 0.0970. The van der Waals surface area contributed by atoms with E-state index in [2.05, 4.69) is 33.1 Å². The summed E-state index contributed by atoms with van der Waals surface area (Å²) in [7, 11) is 0. The third-order valence-electron chi connectivity index (χ3n) is 6.14. The number of carbonyl (C=O) groups excluding carboxylic acids is 1. The van der Waals surface area contributed by atoms with Crippen LogP contribution in [0.5, 0.6) is 11.5 Å². The predicted octanol–water partition coefficient (Wildman–Crippen LogP) is 6.43. The van der Waals surface area contributed by atoms with Gasteiger partial charge in [-0.15, -0.1) is 10.2 Å². The van der Waals surface area contributed by atoms with E-state index in [4.69, 9.17) is 13.9 Å². The molecule has 1 aliphatic heterocycles. The van der Waals surface area contributed by atoms with E-state index in [0.29, 0.717) is 51.4 Å². The van der Waals surface area contributed by atoms with Gasteiger partial charge in [-0.25, -0.2) is 0 Å². The van der Waals surface area contributed by atoms with E-state index in [-0.39, 0.29) is 16.8 Å². The number of ether oxygens (including phenoxy) is 2. The third-order valence-corrected chi connectivity index (χ3v) is 7.47. The average molecular weight is 584 g/mol. The number of benzene rings is 2. The molecule has 0 bridgehead atoms. The zero-order valence-electron chi connectivity index (χ0n) is 20.7. The van der Waals surface area contributed by atoms with Crippen molar-refractivity contribution in [3.05, 3.63) is 73.0 Å². The summed E-state index contributed by atoms with van der Waals surface area (Å²) in [6.07, 6.45) is 3.13. The largest absolute Gasteiger partial charge is 0.490 e. The Morgan fingerprint density at radius 2 is 1.89 bits per heavy atom.